The molecule has 1 fully saturated rings. The predicted molar refractivity (Wildman–Crippen MR) is 93.2 cm³/mol. The molecule has 132 valence electrons. The number of hydrogen-bond donors (Lipinski definition) is 2. The monoisotopic (exact) mass is 382 g/mol. The number of amides is 1. The minimum Gasteiger partial charge on any atom is -0.326 e. The van der Waals surface area contributed by atoms with Gasteiger partial charge in [-0.15, -0.1) is 0 Å². The van der Waals surface area contributed by atoms with Gasteiger partial charge in [-0.05, 0) is 42.7 Å². The lowest BCUT2D eigenvalue weighted by Gasteiger charge is -2.10. The summed E-state index contributed by atoms with van der Waals surface area (Å²) in [6.07, 6.45) is 1.80. The van der Waals surface area contributed by atoms with Gasteiger partial charge in [-0.2, -0.15) is 0 Å². The van der Waals surface area contributed by atoms with E-state index in [-0.39, 0.29) is 23.4 Å². The Morgan fingerprint density at radius 2 is 1.92 bits per heavy atom. The zero-order chi connectivity index (χ0) is 18.0. The Morgan fingerprint density at radius 1 is 1.20 bits per heavy atom. The van der Waals surface area contributed by atoms with Gasteiger partial charge in [0.05, 0.1) is 5.02 Å². The molecule has 5 nitrogen and oxygen atoms in total. The SMILES string of the molecule is O=C(Nc1cccc(CNS(=O)(=O)c2cccc(Cl)c2F)c1)C1CC1. The van der Waals surface area contributed by atoms with Crippen molar-refractivity contribution in [1.29, 1.82) is 0 Å². The van der Waals surface area contributed by atoms with Crippen molar-refractivity contribution in [1.82, 2.24) is 4.72 Å². The van der Waals surface area contributed by atoms with Crippen LogP contribution in [0, 0.1) is 11.7 Å². The van der Waals surface area contributed by atoms with Crippen LogP contribution in [0.25, 0.3) is 0 Å². The zero-order valence-electron chi connectivity index (χ0n) is 13.1. The highest BCUT2D eigenvalue weighted by Crippen LogP contribution is 2.30. The molecule has 2 aromatic carbocycles. The molecule has 1 saturated carbocycles. The third-order valence-corrected chi connectivity index (χ3v) is 5.53. The lowest BCUT2D eigenvalue weighted by atomic mass is 10.2. The molecule has 2 aromatic rings. The molecule has 1 aliphatic rings. The maximum absolute atomic E-state index is 13.9. The molecule has 25 heavy (non-hydrogen) atoms. The standard InChI is InChI=1S/C17H16ClFN2O3S/c18-14-5-2-6-15(16(14)19)25(23,24)20-10-11-3-1-4-13(9-11)21-17(22)12-7-8-12/h1-6,9,12,20H,7-8,10H2,(H,21,22). The Bertz CT molecular complexity index is 914. The van der Waals surface area contributed by atoms with Crippen LogP contribution in [-0.2, 0) is 21.4 Å². The Hall–Kier alpha value is -1.96. The fourth-order valence-electron chi connectivity index (χ4n) is 2.30. The topological polar surface area (TPSA) is 75.3 Å². The van der Waals surface area contributed by atoms with Crippen molar-refractivity contribution in [2.24, 2.45) is 5.92 Å². The van der Waals surface area contributed by atoms with E-state index in [9.17, 15) is 17.6 Å². The molecule has 0 spiro atoms. The van der Waals surface area contributed by atoms with Crippen molar-refractivity contribution in [3.8, 4) is 0 Å². The lowest BCUT2D eigenvalue weighted by Crippen LogP contribution is -2.24. The summed E-state index contributed by atoms with van der Waals surface area (Å²) in [6.45, 7) is -0.0403. The van der Waals surface area contributed by atoms with Crippen molar-refractivity contribution in [3.05, 3.63) is 58.9 Å². The van der Waals surface area contributed by atoms with E-state index in [2.05, 4.69) is 10.0 Å². The summed E-state index contributed by atoms with van der Waals surface area (Å²) >= 11 is 5.63. The van der Waals surface area contributed by atoms with E-state index in [1.165, 1.54) is 12.1 Å². The van der Waals surface area contributed by atoms with Gasteiger partial charge in [-0.25, -0.2) is 17.5 Å². The molecule has 0 bridgehead atoms. The predicted octanol–water partition coefficient (Wildman–Crippen LogP) is 3.31. The van der Waals surface area contributed by atoms with Gasteiger partial charge in [0, 0.05) is 18.2 Å². The summed E-state index contributed by atoms with van der Waals surface area (Å²) in [6, 6.07) is 10.6. The molecule has 3 rings (SSSR count). The summed E-state index contributed by atoms with van der Waals surface area (Å²) in [5.74, 6) is -0.936. The fraction of sp³-hybridized carbons (Fsp3) is 0.235. The van der Waals surface area contributed by atoms with Crippen LogP contribution in [0.15, 0.2) is 47.4 Å². The minimum absolute atomic E-state index is 0.0290. The summed E-state index contributed by atoms with van der Waals surface area (Å²) in [5, 5.41) is 2.54. The molecule has 0 unspecified atom stereocenters. The number of carbonyl (C=O) groups excluding carboxylic acids is 1. The molecular weight excluding hydrogens is 367 g/mol. The molecule has 1 aliphatic carbocycles. The number of anilines is 1. The van der Waals surface area contributed by atoms with Crippen LogP contribution in [0.1, 0.15) is 18.4 Å². The van der Waals surface area contributed by atoms with Crippen LogP contribution in [-0.4, -0.2) is 14.3 Å². The average molecular weight is 383 g/mol. The largest absolute Gasteiger partial charge is 0.326 e. The molecule has 0 saturated heterocycles. The maximum atomic E-state index is 13.9. The Balaban J connectivity index is 1.70. The molecule has 0 radical (unpaired) electrons. The van der Waals surface area contributed by atoms with Gasteiger partial charge in [0.2, 0.25) is 15.9 Å². The first-order valence-corrected chi connectivity index (χ1v) is 9.56. The number of sulfonamides is 1. The third-order valence-electron chi connectivity index (χ3n) is 3.81. The van der Waals surface area contributed by atoms with Crippen LogP contribution in [0.3, 0.4) is 0 Å². The second-order valence-corrected chi connectivity index (χ2v) is 7.98. The highest BCUT2D eigenvalue weighted by Gasteiger charge is 2.29. The second-order valence-electron chi connectivity index (χ2n) is 5.84. The van der Waals surface area contributed by atoms with Crippen LogP contribution in [0.5, 0.6) is 0 Å². The smallest absolute Gasteiger partial charge is 0.243 e. The molecule has 8 heteroatoms. The minimum atomic E-state index is -4.05. The first-order chi connectivity index (χ1) is 11.9. The highest BCUT2D eigenvalue weighted by molar-refractivity contribution is 7.89. The maximum Gasteiger partial charge on any atom is 0.243 e. The van der Waals surface area contributed by atoms with Gasteiger partial charge in [0.1, 0.15) is 4.90 Å². The van der Waals surface area contributed by atoms with Gasteiger partial charge < -0.3 is 5.32 Å². The lowest BCUT2D eigenvalue weighted by molar-refractivity contribution is -0.117. The van der Waals surface area contributed by atoms with Crippen molar-refractivity contribution < 1.29 is 17.6 Å². The van der Waals surface area contributed by atoms with Gasteiger partial charge in [0.15, 0.2) is 5.82 Å². The van der Waals surface area contributed by atoms with E-state index in [0.717, 1.165) is 18.9 Å². The number of halogens is 2. The van der Waals surface area contributed by atoms with Crippen LogP contribution in [0.4, 0.5) is 10.1 Å². The quantitative estimate of drug-likeness (QED) is 0.804. The molecule has 0 heterocycles. The van der Waals surface area contributed by atoms with E-state index < -0.39 is 20.7 Å². The first kappa shape index (κ1) is 17.8. The number of rotatable bonds is 6. The van der Waals surface area contributed by atoms with Crippen molar-refractivity contribution in [2.75, 3.05) is 5.32 Å². The fourth-order valence-corrected chi connectivity index (χ4v) is 3.64. The third kappa shape index (κ3) is 4.36. The number of nitrogens with one attached hydrogen (secondary N) is 2. The van der Waals surface area contributed by atoms with E-state index in [0.29, 0.717) is 11.3 Å². The summed E-state index contributed by atoms with van der Waals surface area (Å²) in [4.78, 5) is 11.3. The van der Waals surface area contributed by atoms with Crippen molar-refractivity contribution in [2.45, 2.75) is 24.3 Å². The average Bonchev–Trinajstić information content (AvgIpc) is 3.41. The molecule has 0 aliphatic heterocycles. The summed E-state index contributed by atoms with van der Waals surface area (Å²) in [5.41, 5.74) is 1.24. The highest BCUT2D eigenvalue weighted by atomic mass is 35.5. The van der Waals surface area contributed by atoms with Crippen molar-refractivity contribution in [3.63, 3.8) is 0 Å². The van der Waals surface area contributed by atoms with Crippen molar-refractivity contribution >= 4 is 33.2 Å². The Labute approximate surface area is 150 Å². The van der Waals surface area contributed by atoms with Gasteiger partial charge in [0.25, 0.3) is 0 Å². The number of hydrogen-bond acceptors (Lipinski definition) is 3. The molecule has 0 atom stereocenters. The van der Waals surface area contributed by atoms with E-state index in [1.807, 2.05) is 0 Å². The van der Waals surface area contributed by atoms with E-state index in [1.54, 1.807) is 24.3 Å². The van der Waals surface area contributed by atoms with Crippen LogP contribution in [0.2, 0.25) is 5.02 Å². The van der Waals surface area contributed by atoms with Gasteiger partial charge >= 0.3 is 0 Å². The van der Waals surface area contributed by atoms with E-state index >= 15 is 0 Å². The Kier molecular flexibility index (Phi) is 5.08. The zero-order valence-corrected chi connectivity index (χ0v) is 14.7. The van der Waals surface area contributed by atoms with Gasteiger partial charge in [-0.1, -0.05) is 29.8 Å². The second kappa shape index (κ2) is 7.11. The Morgan fingerprint density at radius 3 is 2.64 bits per heavy atom. The van der Waals surface area contributed by atoms with E-state index in [4.69, 9.17) is 11.6 Å². The number of carbonyl (C=O) groups is 1. The normalized spacial score (nSPS) is 14.3. The van der Waals surface area contributed by atoms with Gasteiger partial charge in [-0.3, -0.25) is 4.79 Å². The van der Waals surface area contributed by atoms with Crippen LogP contribution < -0.4 is 10.0 Å². The molecular formula is C17H16ClFN2O3S. The first-order valence-electron chi connectivity index (χ1n) is 7.70. The van der Waals surface area contributed by atoms with Crippen LogP contribution >= 0.6 is 11.6 Å². The molecule has 2 N–H and O–H groups in total. The molecule has 1 amide bonds. The molecule has 0 aromatic heterocycles. The summed E-state index contributed by atoms with van der Waals surface area (Å²) in [7, 11) is -4.05. The summed E-state index contributed by atoms with van der Waals surface area (Å²) < 4.78 is 40.8. The number of benzene rings is 2.